The van der Waals surface area contributed by atoms with Gasteiger partial charge >= 0.3 is 18.1 Å². The minimum absolute atomic E-state index is 0.0639. The molecule has 10 nitrogen and oxygen atoms in total. The first kappa shape index (κ1) is 32.1. The minimum Gasteiger partial charge on any atom is -0.462 e. The van der Waals surface area contributed by atoms with E-state index in [0.717, 1.165) is 10.6 Å². The highest BCUT2D eigenvalue weighted by molar-refractivity contribution is 7.92. The van der Waals surface area contributed by atoms with Crippen LogP contribution in [0.2, 0.25) is 0 Å². The van der Waals surface area contributed by atoms with Crippen LogP contribution in [0.15, 0.2) is 72.8 Å². The Morgan fingerprint density at radius 3 is 2.27 bits per heavy atom. The Morgan fingerprint density at radius 1 is 0.977 bits per heavy atom. The SMILES string of the molecule is CCOC(=O)c1ccc2c(c1)NC(=O)C2=C(Nc1ccc(N(CCCNC(=O)C(F)(F)F)S(C)(=O)=O)cc1)c1ccccc1. The lowest BCUT2D eigenvalue weighted by Crippen LogP contribution is -2.39. The molecule has 0 saturated carbocycles. The van der Waals surface area contributed by atoms with Crippen molar-refractivity contribution in [3.05, 3.63) is 89.5 Å². The second-order valence-electron chi connectivity index (χ2n) is 9.67. The van der Waals surface area contributed by atoms with E-state index in [4.69, 9.17) is 4.74 Å². The van der Waals surface area contributed by atoms with E-state index < -0.39 is 34.0 Å². The van der Waals surface area contributed by atoms with Crippen LogP contribution in [0.25, 0.3) is 11.3 Å². The van der Waals surface area contributed by atoms with E-state index in [1.807, 2.05) is 18.2 Å². The van der Waals surface area contributed by atoms with Crippen molar-refractivity contribution < 1.29 is 40.7 Å². The number of amides is 2. The number of esters is 1. The number of nitrogens with zero attached hydrogens (tertiary/aromatic N) is 1. The smallest absolute Gasteiger partial charge is 0.462 e. The predicted octanol–water partition coefficient (Wildman–Crippen LogP) is 4.63. The molecule has 1 aliphatic heterocycles. The Bertz CT molecular complexity index is 1690. The summed E-state index contributed by atoms with van der Waals surface area (Å²) in [5, 5.41) is 7.77. The molecule has 0 atom stereocenters. The van der Waals surface area contributed by atoms with Crippen LogP contribution in [0.5, 0.6) is 0 Å². The molecular weight excluding hydrogens is 601 g/mol. The maximum absolute atomic E-state index is 13.2. The second kappa shape index (κ2) is 13.2. The largest absolute Gasteiger partial charge is 0.471 e. The van der Waals surface area contributed by atoms with Crippen LogP contribution < -0.4 is 20.3 Å². The van der Waals surface area contributed by atoms with Gasteiger partial charge in [-0.15, -0.1) is 0 Å². The maximum Gasteiger partial charge on any atom is 0.471 e. The third-order valence-electron chi connectivity index (χ3n) is 6.49. The first-order chi connectivity index (χ1) is 20.8. The number of carbonyl (C=O) groups is 3. The topological polar surface area (TPSA) is 134 Å². The quantitative estimate of drug-likeness (QED) is 0.160. The van der Waals surface area contributed by atoms with Crippen LogP contribution in [0.4, 0.5) is 30.2 Å². The average molecular weight is 631 g/mol. The fourth-order valence-corrected chi connectivity index (χ4v) is 5.48. The number of hydrogen-bond acceptors (Lipinski definition) is 7. The van der Waals surface area contributed by atoms with Gasteiger partial charge in [-0.2, -0.15) is 13.2 Å². The van der Waals surface area contributed by atoms with Crippen molar-refractivity contribution in [3.8, 4) is 0 Å². The maximum atomic E-state index is 13.2. The number of sulfonamides is 1. The van der Waals surface area contributed by atoms with Crippen molar-refractivity contribution in [2.45, 2.75) is 19.5 Å². The standard InChI is InChI=1S/C30H29F3N4O6S/c1-3-43-28(39)20-10-15-23-24(18-20)36-27(38)25(23)26(19-8-5-4-6-9-19)35-21-11-13-22(14-12-21)37(44(2,41)42)17-7-16-34-29(40)30(31,32)33/h4-6,8-15,18,35H,3,7,16-17H2,1-2H3,(H,34,40)(H,36,38). The van der Waals surface area contributed by atoms with Gasteiger partial charge in [0.25, 0.3) is 5.91 Å². The fourth-order valence-electron chi connectivity index (χ4n) is 4.51. The van der Waals surface area contributed by atoms with Gasteiger partial charge in [-0.05, 0) is 55.3 Å². The summed E-state index contributed by atoms with van der Waals surface area (Å²) in [5.41, 5.74) is 3.52. The third kappa shape index (κ3) is 7.56. The van der Waals surface area contributed by atoms with Crippen molar-refractivity contribution in [1.29, 1.82) is 0 Å². The van der Waals surface area contributed by atoms with Crippen molar-refractivity contribution in [1.82, 2.24) is 5.32 Å². The zero-order valence-electron chi connectivity index (χ0n) is 23.7. The van der Waals surface area contributed by atoms with E-state index in [9.17, 15) is 36.0 Å². The molecule has 0 radical (unpaired) electrons. The Morgan fingerprint density at radius 2 is 1.66 bits per heavy atom. The molecule has 3 aromatic carbocycles. The van der Waals surface area contributed by atoms with Crippen LogP contribution >= 0.6 is 0 Å². The minimum atomic E-state index is -5.03. The van der Waals surface area contributed by atoms with Gasteiger partial charge in [0.15, 0.2) is 0 Å². The second-order valence-corrected chi connectivity index (χ2v) is 11.6. The van der Waals surface area contributed by atoms with E-state index in [1.54, 1.807) is 54.7 Å². The summed E-state index contributed by atoms with van der Waals surface area (Å²) < 4.78 is 68.3. The van der Waals surface area contributed by atoms with Gasteiger partial charge in [-0.3, -0.25) is 13.9 Å². The number of anilines is 3. The number of carbonyl (C=O) groups excluding carboxylic acids is 3. The molecular formula is C30H29F3N4O6S. The molecule has 0 bridgehead atoms. The number of rotatable bonds is 11. The molecule has 0 aromatic heterocycles. The van der Waals surface area contributed by atoms with E-state index in [1.165, 1.54) is 12.1 Å². The molecule has 0 unspecified atom stereocenters. The first-order valence-corrected chi connectivity index (χ1v) is 15.3. The van der Waals surface area contributed by atoms with E-state index >= 15 is 0 Å². The highest BCUT2D eigenvalue weighted by Crippen LogP contribution is 2.38. The van der Waals surface area contributed by atoms with E-state index in [2.05, 4.69) is 10.6 Å². The third-order valence-corrected chi connectivity index (χ3v) is 7.69. The number of nitrogens with one attached hydrogen (secondary N) is 3. The molecule has 44 heavy (non-hydrogen) atoms. The highest BCUT2D eigenvalue weighted by atomic mass is 32.2. The summed E-state index contributed by atoms with van der Waals surface area (Å²) in [4.78, 5) is 36.5. The molecule has 0 fully saturated rings. The lowest BCUT2D eigenvalue weighted by molar-refractivity contribution is -0.173. The van der Waals surface area contributed by atoms with Gasteiger partial charge in [0.1, 0.15) is 0 Å². The lowest BCUT2D eigenvalue weighted by atomic mass is 9.99. The molecule has 4 rings (SSSR count). The number of fused-ring (bicyclic) bond motifs is 1. The summed E-state index contributed by atoms with van der Waals surface area (Å²) in [6, 6.07) is 20.0. The molecule has 3 aromatic rings. The Labute approximate surface area is 251 Å². The zero-order valence-corrected chi connectivity index (χ0v) is 24.5. The zero-order chi connectivity index (χ0) is 32.1. The van der Waals surface area contributed by atoms with E-state index in [-0.39, 0.29) is 37.4 Å². The molecule has 0 spiro atoms. The van der Waals surface area contributed by atoms with Gasteiger partial charge < -0.3 is 20.7 Å². The number of halogens is 3. The van der Waals surface area contributed by atoms with Crippen LogP contribution in [-0.2, 0) is 24.3 Å². The number of alkyl halides is 3. The van der Waals surface area contributed by atoms with Crippen molar-refractivity contribution in [2.75, 3.05) is 40.9 Å². The fraction of sp³-hybridized carbons (Fsp3) is 0.233. The van der Waals surface area contributed by atoms with Crippen LogP contribution in [0.1, 0.15) is 34.8 Å². The van der Waals surface area contributed by atoms with Crippen molar-refractivity contribution >= 4 is 56.1 Å². The first-order valence-electron chi connectivity index (χ1n) is 13.4. The molecule has 0 saturated heterocycles. The van der Waals surface area contributed by atoms with Crippen molar-refractivity contribution in [3.63, 3.8) is 0 Å². The average Bonchev–Trinajstić information content (AvgIpc) is 3.30. The molecule has 232 valence electrons. The number of benzene rings is 3. The monoisotopic (exact) mass is 630 g/mol. The number of hydrogen-bond donors (Lipinski definition) is 3. The summed E-state index contributed by atoms with van der Waals surface area (Å²) in [6.07, 6.45) is -4.12. The van der Waals surface area contributed by atoms with Crippen molar-refractivity contribution in [2.24, 2.45) is 0 Å². The molecule has 14 heteroatoms. The summed E-state index contributed by atoms with van der Waals surface area (Å²) >= 11 is 0. The summed E-state index contributed by atoms with van der Waals surface area (Å²) in [7, 11) is -3.81. The molecule has 1 heterocycles. The number of ether oxygens (including phenoxy) is 1. The highest BCUT2D eigenvalue weighted by Gasteiger charge is 2.38. The summed E-state index contributed by atoms with van der Waals surface area (Å²) in [6.45, 7) is 1.35. The van der Waals surface area contributed by atoms with Gasteiger partial charge in [0, 0.05) is 24.3 Å². The Kier molecular flexibility index (Phi) is 9.62. The van der Waals surface area contributed by atoms with Gasteiger partial charge in [-0.25, -0.2) is 13.2 Å². The molecule has 3 N–H and O–H groups in total. The normalized spacial score (nSPS) is 13.9. The van der Waals surface area contributed by atoms with Gasteiger partial charge in [0.2, 0.25) is 10.0 Å². The lowest BCUT2D eigenvalue weighted by Gasteiger charge is -2.23. The Hall–Kier alpha value is -4.85. The molecule has 2 amide bonds. The van der Waals surface area contributed by atoms with Crippen LogP contribution in [0, 0.1) is 0 Å². The predicted molar refractivity (Wildman–Crippen MR) is 160 cm³/mol. The molecule has 0 aliphatic carbocycles. The summed E-state index contributed by atoms with van der Waals surface area (Å²) in [5.74, 6) is -3.01. The molecule has 1 aliphatic rings. The van der Waals surface area contributed by atoms with Gasteiger partial charge in [-0.1, -0.05) is 36.4 Å². The van der Waals surface area contributed by atoms with E-state index in [0.29, 0.717) is 33.8 Å². The van der Waals surface area contributed by atoms with Crippen LogP contribution in [0.3, 0.4) is 0 Å². The van der Waals surface area contributed by atoms with Gasteiger partial charge in [0.05, 0.1) is 41.1 Å². The Balaban J connectivity index is 1.61. The van der Waals surface area contributed by atoms with Crippen LogP contribution in [-0.4, -0.2) is 58.3 Å².